The van der Waals surface area contributed by atoms with E-state index >= 15 is 0 Å². The van der Waals surface area contributed by atoms with E-state index < -0.39 is 5.91 Å². The zero-order chi connectivity index (χ0) is 14.7. The van der Waals surface area contributed by atoms with Crippen molar-refractivity contribution in [1.29, 1.82) is 0 Å². The van der Waals surface area contributed by atoms with Crippen LogP contribution in [0.4, 0.5) is 0 Å². The molecule has 0 bridgehead atoms. The summed E-state index contributed by atoms with van der Waals surface area (Å²) in [4.78, 5) is 22.0. The van der Waals surface area contributed by atoms with Crippen LogP contribution in [0.3, 0.4) is 0 Å². The van der Waals surface area contributed by atoms with Crippen LogP contribution in [0.25, 0.3) is 11.4 Å². The van der Waals surface area contributed by atoms with E-state index in [1.807, 2.05) is 12.1 Å². The van der Waals surface area contributed by atoms with Crippen molar-refractivity contribution in [3.8, 4) is 11.4 Å². The van der Waals surface area contributed by atoms with Crippen molar-refractivity contribution in [3.63, 3.8) is 0 Å². The number of carbonyl (C=O) groups is 1. The lowest BCUT2D eigenvalue weighted by Crippen LogP contribution is -2.18. The molecule has 2 N–H and O–H groups in total. The quantitative estimate of drug-likeness (QED) is 0.928. The third-order valence-electron chi connectivity index (χ3n) is 3.73. The van der Waals surface area contributed by atoms with Crippen molar-refractivity contribution >= 4 is 5.91 Å². The molecular weight excluding hydrogens is 264 g/mol. The summed E-state index contributed by atoms with van der Waals surface area (Å²) in [6.45, 7) is 3.36. The Balaban J connectivity index is 1.77. The average molecular weight is 282 g/mol. The number of carbonyl (C=O) groups excluding carboxylic acids is 1. The molecule has 2 aromatic rings. The van der Waals surface area contributed by atoms with E-state index in [1.54, 1.807) is 6.20 Å². The summed E-state index contributed by atoms with van der Waals surface area (Å²) in [7, 11) is 0. The summed E-state index contributed by atoms with van der Waals surface area (Å²) >= 11 is 0. The van der Waals surface area contributed by atoms with E-state index in [4.69, 9.17) is 5.73 Å². The molecule has 0 radical (unpaired) electrons. The van der Waals surface area contributed by atoms with Crippen molar-refractivity contribution in [2.45, 2.75) is 19.4 Å². The highest BCUT2D eigenvalue weighted by Crippen LogP contribution is 2.18. The number of hydrogen-bond donors (Lipinski definition) is 1. The summed E-state index contributed by atoms with van der Waals surface area (Å²) in [6.07, 6.45) is 4.15. The van der Waals surface area contributed by atoms with Gasteiger partial charge in [0.15, 0.2) is 5.82 Å². The lowest BCUT2D eigenvalue weighted by atomic mass is 10.1. The van der Waals surface area contributed by atoms with Crippen LogP contribution in [0.2, 0.25) is 0 Å². The lowest BCUT2D eigenvalue weighted by Gasteiger charge is -2.14. The second-order valence-corrected chi connectivity index (χ2v) is 5.31. The normalized spacial score (nSPS) is 15.2. The maximum Gasteiger partial charge on any atom is 0.267 e. The lowest BCUT2D eigenvalue weighted by molar-refractivity contribution is 0.0995. The minimum atomic E-state index is -0.538. The first-order valence-corrected chi connectivity index (χ1v) is 7.17. The number of amides is 1. The molecule has 5 nitrogen and oxygen atoms in total. The fourth-order valence-corrected chi connectivity index (χ4v) is 2.59. The van der Waals surface area contributed by atoms with Crippen molar-refractivity contribution in [3.05, 3.63) is 47.8 Å². The Labute approximate surface area is 123 Å². The van der Waals surface area contributed by atoms with Crippen LogP contribution >= 0.6 is 0 Å². The summed E-state index contributed by atoms with van der Waals surface area (Å²) in [5.74, 6) is -0.0108. The molecule has 1 saturated heterocycles. The fourth-order valence-electron chi connectivity index (χ4n) is 2.59. The van der Waals surface area contributed by atoms with E-state index in [2.05, 4.69) is 27.0 Å². The smallest absolute Gasteiger partial charge is 0.267 e. The predicted octanol–water partition coefficient (Wildman–Crippen LogP) is 1.84. The van der Waals surface area contributed by atoms with Crippen LogP contribution in [-0.2, 0) is 6.54 Å². The zero-order valence-corrected chi connectivity index (χ0v) is 11.8. The molecule has 0 unspecified atom stereocenters. The molecular formula is C16H18N4O. The number of likely N-dealkylation sites (tertiary alicyclic amines) is 1. The second-order valence-electron chi connectivity index (χ2n) is 5.31. The first kappa shape index (κ1) is 13.7. The molecule has 0 aliphatic carbocycles. The van der Waals surface area contributed by atoms with Crippen LogP contribution < -0.4 is 5.73 Å². The van der Waals surface area contributed by atoms with Crippen LogP contribution in [-0.4, -0.2) is 33.9 Å². The van der Waals surface area contributed by atoms with Gasteiger partial charge < -0.3 is 5.73 Å². The van der Waals surface area contributed by atoms with Gasteiger partial charge >= 0.3 is 0 Å². The molecule has 1 aromatic carbocycles. The number of nitrogens with two attached hydrogens (primary N) is 1. The van der Waals surface area contributed by atoms with Crippen molar-refractivity contribution in [2.75, 3.05) is 13.1 Å². The second kappa shape index (κ2) is 6.01. The molecule has 0 spiro atoms. The third-order valence-corrected chi connectivity index (χ3v) is 3.73. The summed E-state index contributed by atoms with van der Waals surface area (Å²) in [5.41, 5.74) is 7.65. The maximum atomic E-state index is 11.2. The highest BCUT2D eigenvalue weighted by molar-refractivity contribution is 5.91. The van der Waals surface area contributed by atoms with E-state index in [9.17, 15) is 4.79 Å². The van der Waals surface area contributed by atoms with Gasteiger partial charge in [-0.1, -0.05) is 24.3 Å². The van der Waals surface area contributed by atoms with Crippen LogP contribution in [0.15, 0.2) is 36.5 Å². The molecule has 1 fully saturated rings. The molecule has 1 amide bonds. The minimum Gasteiger partial charge on any atom is -0.364 e. The molecule has 108 valence electrons. The zero-order valence-electron chi connectivity index (χ0n) is 11.8. The molecule has 0 atom stereocenters. The number of aromatic nitrogens is 2. The van der Waals surface area contributed by atoms with Gasteiger partial charge in [0.1, 0.15) is 5.69 Å². The first-order chi connectivity index (χ1) is 10.2. The minimum absolute atomic E-state index is 0.237. The highest BCUT2D eigenvalue weighted by Gasteiger charge is 2.12. The number of nitrogens with zero attached hydrogens (tertiary/aromatic N) is 3. The molecule has 5 heteroatoms. The summed E-state index contributed by atoms with van der Waals surface area (Å²) < 4.78 is 0. The van der Waals surface area contributed by atoms with Gasteiger partial charge in [0.2, 0.25) is 0 Å². The SMILES string of the molecule is NC(=O)c1ccnc(-c2ccc(CN3CCCC3)cc2)n1. The molecule has 1 aromatic heterocycles. The monoisotopic (exact) mass is 282 g/mol. The maximum absolute atomic E-state index is 11.2. The van der Waals surface area contributed by atoms with Crippen LogP contribution in [0.5, 0.6) is 0 Å². The Kier molecular flexibility index (Phi) is 3.92. The van der Waals surface area contributed by atoms with E-state index in [0.29, 0.717) is 5.82 Å². The molecule has 0 saturated carbocycles. The Morgan fingerprint density at radius 1 is 1.14 bits per heavy atom. The van der Waals surface area contributed by atoms with E-state index in [0.717, 1.165) is 12.1 Å². The van der Waals surface area contributed by atoms with Crippen molar-refractivity contribution in [1.82, 2.24) is 14.9 Å². The summed E-state index contributed by atoms with van der Waals surface area (Å²) in [5, 5.41) is 0. The van der Waals surface area contributed by atoms with E-state index in [1.165, 1.54) is 37.6 Å². The largest absolute Gasteiger partial charge is 0.364 e. The van der Waals surface area contributed by atoms with E-state index in [-0.39, 0.29) is 5.69 Å². The molecule has 1 aliphatic heterocycles. The predicted molar refractivity (Wildman–Crippen MR) is 80.5 cm³/mol. The van der Waals surface area contributed by atoms with Gasteiger partial charge in [0.05, 0.1) is 0 Å². The number of hydrogen-bond acceptors (Lipinski definition) is 4. The van der Waals surface area contributed by atoms with Crippen LogP contribution in [0.1, 0.15) is 28.9 Å². The standard InChI is InChI=1S/C16H18N4O/c17-15(21)14-7-8-18-16(19-14)13-5-3-12(4-6-13)11-20-9-1-2-10-20/h3-8H,1-2,9-11H2,(H2,17,21). The highest BCUT2D eigenvalue weighted by atomic mass is 16.1. The Hall–Kier alpha value is -2.27. The van der Waals surface area contributed by atoms with Gasteiger partial charge in [-0.2, -0.15) is 0 Å². The number of primary amides is 1. The molecule has 3 rings (SSSR count). The number of rotatable bonds is 4. The van der Waals surface area contributed by atoms with Gasteiger partial charge in [-0.3, -0.25) is 9.69 Å². The molecule has 1 aliphatic rings. The topological polar surface area (TPSA) is 72.1 Å². The number of benzene rings is 1. The van der Waals surface area contributed by atoms with Crippen molar-refractivity contribution < 1.29 is 4.79 Å². The average Bonchev–Trinajstić information content (AvgIpc) is 3.01. The molecule has 2 heterocycles. The van der Waals surface area contributed by atoms with Crippen LogP contribution in [0, 0.1) is 0 Å². The molecule has 21 heavy (non-hydrogen) atoms. The Morgan fingerprint density at radius 3 is 2.52 bits per heavy atom. The fraction of sp³-hybridized carbons (Fsp3) is 0.312. The first-order valence-electron chi connectivity index (χ1n) is 7.17. The van der Waals surface area contributed by atoms with Gasteiger partial charge in [-0.05, 0) is 37.6 Å². The van der Waals surface area contributed by atoms with Gasteiger partial charge in [-0.25, -0.2) is 9.97 Å². The van der Waals surface area contributed by atoms with Gasteiger partial charge in [-0.15, -0.1) is 0 Å². The third kappa shape index (κ3) is 3.25. The van der Waals surface area contributed by atoms with Crippen molar-refractivity contribution in [2.24, 2.45) is 5.73 Å². The Morgan fingerprint density at radius 2 is 1.86 bits per heavy atom. The van der Waals surface area contributed by atoms with Gasteiger partial charge in [0.25, 0.3) is 5.91 Å². The van der Waals surface area contributed by atoms with Gasteiger partial charge in [0, 0.05) is 18.3 Å². The summed E-state index contributed by atoms with van der Waals surface area (Å²) in [6, 6.07) is 9.69. The Bertz CT molecular complexity index is 633.